The van der Waals surface area contributed by atoms with Crippen molar-refractivity contribution in [1.82, 2.24) is 15.3 Å². The molecular formula is C27H33F3N6O2. The van der Waals surface area contributed by atoms with E-state index in [9.17, 15) is 23.1 Å². The minimum atomic E-state index is -1.07. The van der Waals surface area contributed by atoms with Crippen molar-refractivity contribution in [3.63, 3.8) is 0 Å². The first kappa shape index (κ1) is 26.4. The van der Waals surface area contributed by atoms with Crippen LogP contribution < -0.4 is 16.0 Å². The second-order valence-electron chi connectivity index (χ2n) is 10.6. The van der Waals surface area contributed by atoms with Gasteiger partial charge in [-0.3, -0.25) is 4.79 Å². The van der Waals surface area contributed by atoms with Crippen molar-refractivity contribution in [3.8, 4) is 0 Å². The molecule has 1 amide bonds. The molecule has 0 bridgehead atoms. The number of aliphatic imine (C=N–C) groups is 1. The zero-order valence-corrected chi connectivity index (χ0v) is 21.3. The van der Waals surface area contributed by atoms with Gasteiger partial charge in [0.1, 0.15) is 17.3 Å². The van der Waals surface area contributed by atoms with Gasteiger partial charge in [-0.2, -0.15) is 0 Å². The first-order valence-corrected chi connectivity index (χ1v) is 13.3. The van der Waals surface area contributed by atoms with Gasteiger partial charge in [0.15, 0.2) is 11.6 Å². The number of nitrogens with one attached hydrogen (secondary N) is 3. The van der Waals surface area contributed by atoms with Crippen LogP contribution in [0.1, 0.15) is 57.1 Å². The molecule has 2 saturated carbocycles. The zero-order chi connectivity index (χ0) is 26.8. The van der Waals surface area contributed by atoms with E-state index in [2.05, 4.69) is 25.9 Å². The first-order chi connectivity index (χ1) is 18.3. The molecule has 0 saturated heterocycles. The molecule has 38 heavy (non-hydrogen) atoms. The number of aryl methyl sites for hydroxylation is 1. The van der Waals surface area contributed by atoms with E-state index in [0.717, 1.165) is 31.4 Å². The Hall–Kier alpha value is -3.21. The third-order valence-corrected chi connectivity index (χ3v) is 8.08. The summed E-state index contributed by atoms with van der Waals surface area (Å²) in [6.07, 6.45) is 7.75. The number of hydrogen-bond donors (Lipinski definition) is 4. The van der Waals surface area contributed by atoms with E-state index in [1.165, 1.54) is 0 Å². The molecule has 2 aromatic rings. The number of aliphatic hydroxyl groups is 1. The van der Waals surface area contributed by atoms with Crippen molar-refractivity contribution in [3.05, 3.63) is 41.5 Å². The lowest BCUT2D eigenvalue weighted by atomic mass is 9.76. The Labute approximate surface area is 219 Å². The average Bonchev–Trinajstić information content (AvgIpc) is 3.28. The van der Waals surface area contributed by atoms with Gasteiger partial charge in [0.2, 0.25) is 11.9 Å². The molecule has 1 aliphatic heterocycles. The average molecular weight is 531 g/mol. The van der Waals surface area contributed by atoms with Gasteiger partial charge >= 0.3 is 0 Å². The summed E-state index contributed by atoms with van der Waals surface area (Å²) in [6.45, 7) is 0. The van der Waals surface area contributed by atoms with Crippen molar-refractivity contribution in [2.45, 2.75) is 69.9 Å². The summed E-state index contributed by atoms with van der Waals surface area (Å²) in [6, 6.07) is 1.34. The Bertz CT molecular complexity index is 1190. The standard InChI is InChI=1S/C27H33F3N6O2/c1-31-26(38)15-2-5-17(10-15)33-27-32-13-23-22(35-27)9-8-19(14-3-6-18(37)7-4-14)25(34-23)36-24-20(29)11-16(28)12-21(24)30/h11-15,17-19,37H,2-10H2,1H3,(H,31,38)(H,34,36)(H,32,33,35)/t14?,15-,17?,18?,19-/m0/s1. The summed E-state index contributed by atoms with van der Waals surface area (Å²) >= 11 is 0. The van der Waals surface area contributed by atoms with Crippen LogP contribution >= 0.6 is 0 Å². The fourth-order valence-corrected chi connectivity index (χ4v) is 6.01. The highest BCUT2D eigenvalue weighted by molar-refractivity contribution is 6.00. The molecule has 204 valence electrons. The maximum absolute atomic E-state index is 14.5. The number of anilines is 2. The van der Waals surface area contributed by atoms with E-state index in [1.54, 1.807) is 13.2 Å². The SMILES string of the molecule is CNC(=O)[C@H]1CCC(Nc2ncc3c(n2)CC[C@@H](C2CCC(O)CC2)C(=Nc2c(F)cc(F)cc2F)N3)C1. The maximum atomic E-state index is 14.5. The summed E-state index contributed by atoms with van der Waals surface area (Å²) in [7, 11) is 1.64. The normalized spacial score (nSPS) is 28.3. The van der Waals surface area contributed by atoms with Gasteiger partial charge in [-0.05, 0) is 63.7 Å². The molecule has 1 aromatic carbocycles. The Morgan fingerprint density at radius 2 is 1.82 bits per heavy atom. The molecule has 3 atom stereocenters. The number of carbonyl (C=O) groups excluding carboxylic acids is 1. The topological polar surface area (TPSA) is 112 Å². The first-order valence-electron chi connectivity index (χ1n) is 13.3. The van der Waals surface area contributed by atoms with Gasteiger partial charge in [-0.25, -0.2) is 28.1 Å². The molecule has 11 heteroatoms. The molecule has 0 radical (unpaired) electrons. The van der Waals surface area contributed by atoms with Crippen LogP contribution in [0.15, 0.2) is 23.3 Å². The number of nitrogens with zero attached hydrogens (tertiary/aromatic N) is 3. The quantitative estimate of drug-likeness (QED) is 0.454. The van der Waals surface area contributed by atoms with E-state index in [4.69, 9.17) is 4.98 Å². The minimum Gasteiger partial charge on any atom is -0.393 e. The number of benzene rings is 1. The molecule has 1 aromatic heterocycles. The van der Waals surface area contributed by atoms with Crippen molar-refractivity contribution < 1.29 is 23.1 Å². The second kappa shape index (κ2) is 11.3. The van der Waals surface area contributed by atoms with E-state index in [1.807, 2.05) is 0 Å². The third-order valence-electron chi connectivity index (χ3n) is 8.08. The van der Waals surface area contributed by atoms with Crippen LogP contribution in [0.5, 0.6) is 0 Å². The monoisotopic (exact) mass is 530 g/mol. The zero-order valence-electron chi connectivity index (χ0n) is 21.3. The van der Waals surface area contributed by atoms with E-state index < -0.39 is 23.1 Å². The fraction of sp³-hybridized carbons (Fsp3) is 0.556. The summed E-state index contributed by atoms with van der Waals surface area (Å²) in [5.74, 6) is -2.24. The number of aromatic nitrogens is 2. The Kier molecular flexibility index (Phi) is 7.83. The fourth-order valence-electron chi connectivity index (χ4n) is 6.01. The predicted molar refractivity (Wildman–Crippen MR) is 138 cm³/mol. The number of fused-ring (bicyclic) bond motifs is 1. The highest BCUT2D eigenvalue weighted by Crippen LogP contribution is 2.38. The van der Waals surface area contributed by atoms with Gasteiger partial charge in [0.05, 0.1) is 23.7 Å². The molecule has 3 aliphatic rings. The largest absolute Gasteiger partial charge is 0.393 e. The lowest BCUT2D eigenvalue weighted by molar-refractivity contribution is -0.124. The van der Waals surface area contributed by atoms with Crippen LogP contribution in [0.25, 0.3) is 0 Å². The second-order valence-corrected chi connectivity index (χ2v) is 10.6. The van der Waals surface area contributed by atoms with Gasteiger partial charge < -0.3 is 21.1 Å². The minimum absolute atomic E-state index is 0.0270. The van der Waals surface area contributed by atoms with Crippen LogP contribution in [0.2, 0.25) is 0 Å². The Balaban J connectivity index is 1.41. The molecule has 2 fully saturated rings. The number of carbonyl (C=O) groups is 1. The smallest absolute Gasteiger partial charge is 0.223 e. The van der Waals surface area contributed by atoms with Crippen molar-refractivity contribution in [1.29, 1.82) is 0 Å². The summed E-state index contributed by atoms with van der Waals surface area (Å²) in [5, 5.41) is 19.3. The van der Waals surface area contributed by atoms with Crippen LogP contribution in [0.3, 0.4) is 0 Å². The van der Waals surface area contributed by atoms with Crippen molar-refractivity contribution in [2.24, 2.45) is 22.7 Å². The molecule has 0 spiro atoms. The lowest BCUT2D eigenvalue weighted by Gasteiger charge is -2.32. The summed E-state index contributed by atoms with van der Waals surface area (Å²) < 4.78 is 42.6. The van der Waals surface area contributed by atoms with Gasteiger partial charge in [-0.15, -0.1) is 0 Å². The van der Waals surface area contributed by atoms with Gasteiger partial charge in [0, 0.05) is 37.1 Å². The Morgan fingerprint density at radius 1 is 1.08 bits per heavy atom. The molecule has 2 aliphatic carbocycles. The van der Waals surface area contributed by atoms with Crippen molar-refractivity contribution >= 4 is 29.1 Å². The number of aliphatic hydroxyl groups excluding tert-OH is 1. The molecular weight excluding hydrogens is 497 g/mol. The number of rotatable bonds is 5. The Morgan fingerprint density at radius 3 is 2.53 bits per heavy atom. The van der Waals surface area contributed by atoms with E-state index >= 15 is 0 Å². The predicted octanol–water partition coefficient (Wildman–Crippen LogP) is 4.48. The van der Waals surface area contributed by atoms with Crippen LogP contribution in [-0.2, 0) is 11.2 Å². The number of hydrogen-bond acceptors (Lipinski definition) is 6. The maximum Gasteiger partial charge on any atom is 0.223 e. The number of amidine groups is 1. The van der Waals surface area contributed by atoms with Gasteiger partial charge in [0.25, 0.3) is 0 Å². The molecule has 2 heterocycles. The third kappa shape index (κ3) is 5.77. The van der Waals surface area contributed by atoms with Crippen LogP contribution in [0.4, 0.5) is 30.5 Å². The molecule has 8 nitrogen and oxygen atoms in total. The molecule has 4 N–H and O–H groups in total. The number of halogens is 3. The summed E-state index contributed by atoms with van der Waals surface area (Å²) in [5.41, 5.74) is 0.823. The van der Waals surface area contributed by atoms with Crippen molar-refractivity contribution in [2.75, 3.05) is 17.7 Å². The lowest BCUT2D eigenvalue weighted by Crippen LogP contribution is -2.32. The highest BCUT2D eigenvalue weighted by Gasteiger charge is 2.34. The van der Waals surface area contributed by atoms with Gasteiger partial charge in [-0.1, -0.05) is 0 Å². The number of amides is 1. The van der Waals surface area contributed by atoms with E-state index in [0.29, 0.717) is 61.7 Å². The molecule has 5 rings (SSSR count). The van der Waals surface area contributed by atoms with Crippen LogP contribution in [0, 0.1) is 35.2 Å². The van der Waals surface area contributed by atoms with E-state index in [-0.39, 0.29) is 35.8 Å². The summed E-state index contributed by atoms with van der Waals surface area (Å²) in [4.78, 5) is 25.5. The van der Waals surface area contributed by atoms with Crippen LogP contribution in [-0.4, -0.2) is 46.0 Å². The highest BCUT2D eigenvalue weighted by atomic mass is 19.1. The molecule has 1 unspecified atom stereocenters.